The zero-order chi connectivity index (χ0) is 53.2. The van der Waals surface area contributed by atoms with E-state index < -0.39 is 5.97 Å². The number of rotatable bonds is 26. The summed E-state index contributed by atoms with van der Waals surface area (Å²) in [5.74, 6) is -1.04. The maximum absolute atomic E-state index is 13.2. The van der Waals surface area contributed by atoms with E-state index in [9.17, 15) is 9.90 Å². The van der Waals surface area contributed by atoms with Crippen LogP contribution in [0.4, 0.5) is 11.4 Å². The Kier molecular flexibility index (Phi) is 18.5. The Morgan fingerprint density at radius 3 is 1.84 bits per heavy atom. The number of benzene rings is 3. The Hall–Kier alpha value is -6.40. The van der Waals surface area contributed by atoms with Gasteiger partial charge < -0.3 is 38.4 Å². The van der Waals surface area contributed by atoms with Gasteiger partial charge in [0.05, 0.1) is 54.4 Å². The van der Waals surface area contributed by atoms with E-state index in [1.807, 2.05) is 35.9 Å². The minimum atomic E-state index is -1.04. The largest absolute Gasteiger partial charge is 0.478 e. The molecule has 0 spiro atoms. The first kappa shape index (κ1) is 55.4. The molecule has 2 aliphatic rings. The number of carboxylic acids is 1. The standard InChI is InChI=1S/C58H76N8O8/c1-41-19-21-51-49(31-41)57(3,4)53(65(51)23-25-69-9)17-13-15-43(16-14-18-54-58(5,6)50-32-42(2)20-22-52(50)66(54)24-26-70-10)55-45(35-63-37-47(61(7)59-63)39-73-29-27-71-11)33-44(56(67)68)34-46(55)36-64-38-48(62(8)60-64)40-74-30-28-72-12/h13-22,31-34,37-38H,23-30,35-36,39-40H2,1-12H3/q+2/p+1. The topological polar surface area (TPSA) is 142 Å². The second-order valence-corrected chi connectivity index (χ2v) is 20.1. The number of allylic oxidation sites excluding steroid dienone is 8. The number of aromatic carboxylic acids is 1. The SMILES string of the molecule is COCCOCc1cn(Cc2cc(C(=O)O)cc(Cn3cc(COCCOC)[n+](C)n3)c2C(=C\C=C\C2=[N+](CCOC)c3ccc(C)cc3C2(C)C)/C=C/C=C2/N(CCOC)c3ccc(C)cc3C2(C)C)n[n+]1C. The molecule has 0 unspecified atom stereocenters. The molecule has 74 heavy (non-hydrogen) atoms. The third kappa shape index (κ3) is 12.6. The number of methoxy groups -OCH3 is 4. The Balaban J connectivity index is 1.44. The minimum absolute atomic E-state index is 0.152. The molecule has 0 radical (unpaired) electrons. The monoisotopic (exact) mass is 1010 g/mol. The summed E-state index contributed by atoms with van der Waals surface area (Å²) in [4.78, 5) is 15.5. The van der Waals surface area contributed by atoms with Crippen molar-refractivity contribution in [2.45, 2.75) is 78.7 Å². The highest BCUT2D eigenvalue weighted by atomic mass is 16.5. The second kappa shape index (κ2) is 24.8. The van der Waals surface area contributed by atoms with Crippen molar-refractivity contribution in [1.82, 2.24) is 19.8 Å². The highest BCUT2D eigenvalue weighted by Crippen LogP contribution is 2.48. The molecule has 0 saturated carbocycles. The van der Waals surface area contributed by atoms with Crippen LogP contribution >= 0.6 is 0 Å². The van der Waals surface area contributed by atoms with Crippen LogP contribution in [0.5, 0.6) is 0 Å². The molecule has 4 heterocycles. The summed E-state index contributed by atoms with van der Waals surface area (Å²) in [5, 5.41) is 20.5. The minimum Gasteiger partial charge on any atom is -0.478 e. The van der Waals surface area contributed by atoms with E-state index >= 15 is 0 Å². The van der Waals surface area contributed by atoms with Crippen LogP contribution in [0.15, 0.2) is 103 Å². The van der Waals surface area contributed by atoms with Crippen LogP contribution in [0, 0.1) is 13.8 Å². The molecule has 0 fully saturated rings. The third-order valence-electron chi connectivity index (χ3n) is 14.0. The lowest BCUT2D eigenvalue weighted by atomic mass is 9.81. The maximum atomic E-state index is 13.2. The summed E-state index contributed by atoms with van der Waals surface area (Å²) in [6, 6.07) is 16.9. The summed E-state index contributed by atoms with van der Waals surface area (Å²) >= 11 is 0. The average molecular weight is 1010 g/mol. The fourth-order valence-electron chi connectivity index (χ4n) is 10.1. The van der Waals surface area contributed by atoms with Crippen LogP contribution in [0.2, 0.25) is 0 Å². The molecule has 16 nitrogen and oxygen atoms in total. The Bertz CT molecular complexity index is 2880. The molecule has 3 aromatic carbocycles. The van der Waals surface area contributed by atoms with Gasteiger partial charge in [0.1, 0.15) is 47.0 Å². The summed E-state index contributed by atoms with van der Waals surface area (Å²) in [5.41, 5.74) is 14.0. The van der Waals surface area contributed by atoms with E-state index in [4.69, 9.17) is 38.8 Å². The van der Waals surface area contributed by atoms with Gasteiger partial charge in [-0.2, -0.15) is 4.58 Å². The van der Waals surface area contributed by atoms with E-state index in [-0.39, 0.29) is 29.5 Å². The quantitative estimate of drug-likeness (QED) is 0.0348. The van der Waals surface area contributed by atoms with Gasteiger partial charge in [-0.05, 0) is 74.7 Å². The van der Waals surface area contributed by atoms with E-state index in [1.54, 1.807) is 49.9 Å². The van der Waals surface area contributed by atoms with Crippen molar-refractivity contribution >= 4 is 28.6 Å². The molecule has 394 valence electrons. The molecule has 0 saturated heterocycles. The predicted molar refractivity (Wildman–Crippen MR) is 285 cm³/mol. The molecule has 0 amide bonds. The van der Waals surface area contributed by atoms with Gasteiger partial charge in [0, 0.05) is 80.6 Å². The van der Waals surface area contributed by atoms with Crippen molar-refractivity contribution in [3.63, 3.8) is 0 Å². The number of carbonyl (C=O) groups is 1. The number of carboxylic acid groups (broad SMARTS) is 1. The fraction of sp³-hybridized carbons (Fsp3) is 0.448. The average Bonchev–Trinajstić information content (AvgIpc) is 4.02. The highest BCUT2D eigenvalue weighted by Gasteiger charge is 2.44. The Labute approximate surface area is 437 Å². The van der Waals surface area contributed by atoms with Gasteiger partial charge in [0.25, 0.3) is 0 Å². The first-order valence-electron chi connectivity index (χ1n) is 25.3. The van der Waals surface area contributed by atoms with Crippen LogP contribution in [-0.2, 0) is 79.6 Å². The Morgan fingerprint density at radius 1 is 0.703 bits per heavy atom. The normalized spacial score (nSPS) is 15.7. The summed E-state index contributed by atoms with van der Waals surface area (Å²) in [7, 11) is 10.5. The van der Waals surface area contributed by atoms with Gasteiger partial charge in [-0.1, -0.05) is 67.5 Å². The van der Waals surface area contributed by atoms with Crippen molar-refractivity contribution in [2.75, 3.05) is 86.1 Å². The van der Waals surface area contributed by atoms with Crippen molar-refractivity contribution in [2.24, 2.45) is 14.1 Å². The molecule has 0 atom stereocenters. The van der Waals surface area contributed by atoms with Crippen LogP contribution in [0.1, 0.15) is 88.4 Å². The van der Waals surface area contributed by atoms with Crippen LogP contribution in [0.25, 0.3) is 5.57 Å². The first-order valence-corrected chi connectivity index (χ1v) is 25.3. The summed E-state index contributed by atoms with van der Waals surface area (Å²) in [6.45, 7) is 18.8. The predicted octanol–water partition coefficient (Wildman–Crippen LogP) is 7.01. The molecular weight excluding hydrogens is 937 g/mol. The highest BCUT2D eigenvalue weighted by molar-refractivity contribution is 6.03. The van der Waals surface area contributed by atoms with Crippen molar-refractivity contribution < 1.29 is 52.3 Å². The maximum Gasteiger partial charge on any atom is 0.335 e. The molecule has 0 aliphatic carbocycles. The molecule has 2 aliphatic heterocycles. The summed E-state index contributed by atoms with van der Waals surface area (Å²) in [6.07, 6.45) is 16.8. The molecular formula is C58H77N8O8+3. The lowest BCUT2D eigenvalue weighted by molar-refractivity contribution is -0.740. The van der Waals surface area contributed by atoms with Gasteiger partial charge >= 0.3 is 5.97 Å². The van der Waals surface area contributed by atoms with Crippen LogP contribution < -0.4 is 14.3 Å². The number of nitrogens with zero attached hydrogens (tertiary/aromatic N) is 8. The number of ether oxygens (including phenoxy) is 6. The number of aryl methyl sites for hydroxylation is 4. The first-order chi connectivity index (χ1) is 35.5. The van der Waals surface area contributed by atoms with Crippen LogP contribution in [-0.4, -0.2) is 122 Å². The molecule has 1 N–H and O–H groups in total. The van der Waals surface area contributed by atoms with E-state index in [1.165, 1.54) is 33.6 Å². The molecule has 5 aromatic rings. The number of aromatic nitrogens is 6. The zero-order valence-corrected chi connectivity index (χ0v) is 45.6. The van der Waals surface area contributed by atoms with Gasteiger partial charge in [-0.15, -0.1) is 18.7 Å². The Morgan fingerprint density at radius 2 is 1.27 bits per heavy atom. The van der Waals surface area contributed by atoms with E-state index in [0.29, 0.717) is 65.9 Å². The summed E-state index contributed by atoms with van der Waals surface area (Å²) < 4.78 is 43.1. The molecule has 7 rings (SSSR count). The van der Waals surface area contributed by atoms with Crippen molar-refractivity contribution in [3.8, 4) is 0 Å². The van der Waals surface area contributed by atoms with Crippen molar-refractivity contribution in [3.05, 3.63) is 159 Å². The van der Waals surface area contributed by atoms with Gasteiger partial charge in [-0.3, -0.25) is 0 Å². The lowest BCUT2D eigenvalue weighted by Gasteiger charge is -2.26. The van der Waals surface area contributed by atoms with Crippen molar-refractivity contribution in [1.29, 1.82) is 0 Å². The number of fused-ring (bicyclic) bond motifs is 2. The molecule has 16 heteroatoms. The second-order valence-electron chi connectivity index (χ2n) is 20.1. The number of hydrogen-bond acceptors (Lipinski definition) is 10. The van der Waals surface area contributed by atoms with E-state index in [2.05, 4.69) is 124 Å². The zero-order valence-electron chi connectivity index (χ0n) is 45.6. The van der Waals surface area contributed by atoms with Gasteiger partial charge in [0.15, 0.2) is 36.0 Å². The van der Waals surface area contributed by atoms with Gasteiger partial charge in [-0.25, -0.2) is 4.79 Å². The van der Waals surface area contributed by atoms with E-state index in [0.717, 1.165) is 45.1 Å². The number of anilines is 1. The smallest absolute Gasteiger partial charge is 0.335 e. The number of hydrogen-bond donors (Lipinski definition) is 1. The third-order valence-corrected chi connectivity index (χ3v) is 14.0. The fourth-order valence-corrected chi connectivity index (χ4v) is 10.1. The van der Waals surface area contributed by atoms with Crippen LogP contribution in [0.3, 0.4) is 0 Å². The molecule has 0 bridgehead atoms. The lowest BCUT2D eigenvalue weighted by Crippen LogP contribution is -2.36. The molecule has 2 aromatic heterocycles. The van der Waals surface area contributed by atoms with Gasteiger partial charge in [0.2, 0.25) is 5.69 Å².